The van der Waals surface area contributed by atoms with E-state index >= 15 is 0 Å². The predicted octanol–water partition coefficient (Wildman–Crippen LogP) is 2.81. The summed E-state index contributed by atoms with van der Waals surface area (Å²) in [4.78, 5) is 0. The van der Waals surface area contributed by atoms with Crippen molar-refractivity contribution in [3.8, 4) is 12.3 Å². The fraction of sp³-hybridized carbons (Fsp3) is 0.333. The number of rotatable bonds is 1. The molecule has 0 aliphatic heterocycles. The molecule has 0 atom stereocenters. The summed E-state index contributed by atoms with van der Waals surface area (Å²) in [6.07, 6.45) is 7.69. The highest BCUT2D eigenvalue weighted by molar-refractivity contribution is 5.23. The summed E-state index contributed by atoms with van der Waals surface area (Å²) < 4.78 is 0. The lowest BCUT2D eigenvalue weighted by atomic mass is 9.72. The molecule has 0 unspecified atom stereocenters. The molecule has 1 aromatic rings. The zero-order valence-electron chi connectivity index (χ0n) is 7.03. The van der Waals surface area contributed by atoms with Gasteiger partial charge < -0.3 is 0 Å². The quantitative estimate of drug-likeness (QED) is 0.548. The van der Waals surface area contributed by atoms with E-state index in [1.54, 1.807) is 0 Å². The van der Waals surface area contributed by atoms with Crippen molar-refractivity contribution in [1.82, 2.24) is 0 Å². The summed E-state index contributed by atoms with van der Waals surface area (Å²) in [6, 6.07) is 10.6. The number of hydrogen-bond acceptors (Lipinski definition) is 0. The first-order chi connectivity index (χ1) is 5.90. The van der Waals surface area contributed by atoms with Gasteiger partial charge in [0.15, 0.2) is 0 Å². The Hall–Kier alpha value is -1.22. The van der Waals surface area contributed by atoms with Crippen LogP contribution in [0.15, 0.2) is 30.3 Å². The van der Waals surface area contributed by atoms with Gasteiger partial charge >= 0.3 is 0 Å². The molecule has 1 saturated carbocycles. The highest BCUT2D eigenvalue weighted by atomic mass is 14.3. The van der Waals surface area contributed by atoms with Crippen molar-refractivity contribution in [2.45, 2.75) is 18.8 Å². The fourth-order valence-electron chi connectivity index (χ4n) is 1.75. The van der Waals surface area contributed by atoms with Gasteiger partial charge in [0.25, 0.3) is 0 Å². The second kappa shape index (κ2) is 3.03. The van der Waals surface area contributed by atoms with Crippen molar-refractivity contribution >= 4 is 0 Å². The van der Waals surface area contributed by atoms with Gasteiger partial charge in [-0.05, 0) is 24.3 Å². The van der Waals surface area contributed by atoms with Gasteiger partial charge in [0.1, 0.15) is 0 Å². The van der Waals surface area contributed by atoms with Crippen LogP contribution >= 0.6 is 0 Å². The van der Waals surface area contributed by atoms with Crippen LogP contribution < -0.4 is 0 Å². The zero-order chi connectivity index (χ0) is 8.39. The zero-order valence-corrected chi connectivity index (χ0v) is 7.03. The molecule has 1 aromatic carbocycles. The number of hydrogen-bond donors (Lipinski definition) is 0. The summed E-state index contributed by atoms with van der Waals surface area (Å²) >= 11 is 0. The first-order valence-electron chi connectivity index (χ1n) is 4.41. The maximum absolute atomic E-state index is 5.32. The van der Waals surface area contributed by atoms with Crippen molar-refractivity contribution in [2.75, 3.05) is 0 Å². The van der Waals surface area contributed by atoms with Crippen LogP contribution in [0.2, 0.25) is 0 Å². The lowest BCUT2D eigenvalue weighted by Crippen LogP contribution is -2.19. The van der Waals surface area contributed by atoms with Crippen molar-refractivity contribution in [2.24, 2.45) is 5.92 Å². The summed E-state index contributed by atoms with van der Waals surface area (Å²) in [5.41, 5.74) is 1.45. The highest BCUT2D eigenvalue weighted by Gasteiger charge is 2.28. The Bertz CT molecular complexity index is 286. The Labute approximate surface area is 73.6 Å². The van der Waals surface area contributed by atoms with E-state index in [1.807, 2.05) is 0 Å². The van der Waals surface area contributed by atoms with Crippen LogP contribution in [0.4, 0.5) is 0 Å². The van der Waals surface area contributed by atoms with E-state index in [-0.39, 0.29) is 0 Å². The lowest BCUT2D eigenvalue weighted by molar-refractivity contribution is 0.334. The van der Waals surface area contributed by atoms with Crippen LogP contribution in [0.1, 0.15) is 24.3 Å². The van der Waals surface area contributed by atoms with E-state index in [2.05, 4.69) is 36.3 Å². The Morgan fingerprint density at radius 3 is 2.42 bits per heavy atom. The van der Waals surface area contributed by atoms with Crippen molar-refractivity contribution in [3.05, 3.63) is 35.9 Å². The molecule has 1 aliphatic rings. The molecule has 0 nitrogen and oxygen atoms in total. The molecule has 0 aromatic heterocycles. The lowest BCUT2D eigenvalue weighted by Gasteiger charge is -2.32. The normalized spacial score (nSPS) is 27.2. The van der Waals surface area contributed by atoms with Crippen molar-refractivity contribution < 1.29 is 0 Å². The Balaban J connectivity index is 2.03. The van der Waals surface area contributed by atoms with E-state index in [9.17, 15) is 0 Å². The van der Waals surface area contributed by atoms with Gasteiger partial charge in [-0.15, -0.1) is 12.3 Å². The summed E-state index contributed by atoms with van der Waals surface area (Å²) in [5.74, 6) is 4.07. The number of benzene rings is 1. The predicted molar refractivity (Wildman–Crippen MR) is 50.7 cm³/mol. The molecular weight excluding hydrogens is 144 g/mol. The smallest absolute Gasteiger partial charge is 0.0211 e. The largest absolute Gasteiger partial charge is 0.120 e. The average Bonchev–Trinajstić information content (AvgIpc) is 2.04. The van der Waals surface area contributed by atoms with Gasteiger partial charge in [-0.3, -0.25) is 0 Å². The van der Waals surface area contributed by atoms with Crippen LogP contribution in [0.3, 0.4) is 0 Å². The standard InChI is InChI=1S/C12H12/c1-2-10-8-12(9-10)11-6-4-3-5-7-11/h1,3-7,10,12H,8-9H2. The van der Waals surface area contributed by atoms with Gasteiger partial charge in [0, 0.05) is 5.92 Å². The van der Waals surface area contributed by atoms with E-state index in [1.165, 1.54) is 18.4 Å². The fourth-order valence-corrected chi connectivity index (χ4v) is 1.75. The molecule has 12 heavy (non-hydrogen) atoms. The molecule has 0 amide bonds. The Morgan fingerprint density at radius 2 is 1.83 bits per heavy atom. The second-order valence-electron chi connectivity index (χ2n) is 3.44. The maximum atomic E-state index is 5.32. The molecule has 0 saturated heterocycles. The first-order valence-corrected chi connectivity index (χ1v) is 4.41. The average molecular weight is 156 g/mol. The monoisotopic (exact) mass is 156 g/mol. The van der Waals surface area contributed by atoms with Crippen molar-refractivity contribution in [1.29, 1.82) is 0 Å². The number of terminal acetylenes is 1. The van der Waals surface area contributed by atoms with Crippen LogP contribution in [0, 0.1) is 18.3 Å². The van der Waals surface area contributed by atoms with E-state index < -0.39 is 0 Å². The highest BCUT2D eigenvalue weighted by Crippen LogP contribution is 2.40. The van der Waals surface area contributed by atoms with Crippen LogP contribution in [-0.2, 0) is 0 Å². The van der Waals surface area contributed by atoms with Crippen LogP contribution in [-0.4, -0.2) is 0 Å². The molecule has 2 rings (SSSR count). The Morgan fingerprint density at radius 1 is 1.17 bits per heavy atom. The molecule has 0 heterocycles. The molecular formula is C12H12. The minimum Gasteiger partial charge on any atom is -0.120 e. The van der Waals surface area contributed by atoms with Gasteiger partial charge in [0.2, 0.25) is 0 Å². The third-order valence-corrected chi connectivity index (χ3v) is 2.64. The molecule has 1 fully saturated rings. The van der Waals surface area contributed by atoms with E-state index in [4.69, 9.17) is 6.42 Å². The van der Waals surface area contributed by atoms with Gasteiger partial charge in [-0.1, -0.05) is 30.3 Å². The first kappa shape index (κ1) is 7.43. The topological polar surface area (TPSA) is 0 Å². The minimum atomic E-state index is 0.537. The van der Waals surface area contributed by atoms with Crippen LogP contribution in [0.25, 0.3) is 0 Å². The maximum Gasteiger partial charge on any atom is 0.0211 e. The molecule has 0 spiro atoms. The SMILES string of the molecule is C#CC1CC(c2ccccc2)C1. The molecule has 0 radical (unpaired) electrons. The van der Waals surface area contributed by atoms with Crippen LogP contribution in [0.5, 0.6) is 0 Å². The molecule has 0 heteroatoms. The molecule has 60 valence electrons. The summed E-state index contributed by atoms with van der Waals surface area (Å²) in [5, 5.41) is 0. The van der Waals surface area contributed by atoms with Gasteiger partial charge in [0.05, 0.1) is 0 Å². The molecule has 0 bridgehead atoms. The summed E-state index contributed by atoms with van der Waals surface area (Å²) in [7, 11) is 0. The minimum absolute atomic E-state index is 0.537. The van der Waals surface area contributed by atoms with Gasteiger partial charge in [-0.25, -0.2) is 0 Å². The van der Waals surface area contributed by atoms with E-state index in [0.29, 0.717) is 5.92 Å². The van der Waals surface area contributed by atoms with E-state index in [0.717, 1.165) is 5.92 Å². The summed E-state index contributed by atoms with van der Waals surface area (Å²) in [6.45, 7) is 0. The third-order valence-electron chi connectivity index (χ3n) is 2.64. The molecule has 1 aliphatic carbocycles. The molecule has 0 N–H and O–H groups in total. The third kappa shape index (κ3) is 1.23. The Kier molecular flexibility index (Phi) is 1.87. The van der Waals surface area contributed by atoms with Crippen molar-refractivity contribution in [3.63, 3.8) is 0 Å². The second-order valence-corrected chi connectivity index (χ2v) is 3.44. The van der Waals surface area contributed by atoms with Gasteiger partial charge in [-0.2, -0.15) is 0 Å².